The fraction of sp³-hybridized carbons (Fsp3) is 0.545. The summed E-state index contributed by atoms with van der Waals surface area (Å²) in [5.41, 5.74) is -0.620. The summed E-state index contributed by atoms with van der Waals surface area (Å²) in [4.78, 5) is 6.13. The molecule has 1 saturated heterocycles. The fourth-order valence-corrected chi connectivity index (χ4v) is 2.27. The van der Waals surface area contributed by atoms with Gasteiger partial charge in [-0.05, 0) is 12.0 Å². The molecule has 0 saturated carbocycles. The highest BCUT2D eigenvalue weighted by Crippen LogP contribution is 2.35. The number of halogens is 2. The Balaban J connectivity index is 2.12. The average molecular weight is 261 g/mol. The van der Waals surface area contributed by atoms with Gasteiger partial charge in [-0.1, -0.05) is 37.0 Å². The van der Waals surface area contributed by atoms with Crippen molar-refractivity contribution in [1.82, 2.24) is 4.98 Å². The SMILES string of the molecule is CC(C)C1(O)CN(c2ncc(Cl)cc2Cl)C1. The highest BCUT2D eigenvalue weighted by Gasteiger charge is 2.44. The second kappa shape index (κ2) is 4.06. The number of pyridine rings is 1. The first-order valence-corrected chi connectivity index (χ1v) is 5.96. The van der Waals surface area contributed by atoms with Gasteiger partial charge in [-0.15, -0.1) is 0 Å². The van der Waals surface area contributed by atoms with Crippen molar-refractivity contribution in [2.45, 2.75) is 19.4 Å². The maximum Gasteiger partial charge on any atom is 0.147 e. The van der Waals surface area contributed by atoms with Crippen LogP contribution in [0.5, 0.6) is 0 Å². The first kappa shape index (κ1) is 12.0. The first-order chi connectivity index (χ1) is 7.42. The van der Waals surface area contributed by atoms with Crippen molar-refractivity contribution in [1.29, 1.82) is 0 Å². The normalized spacial score (nSPS) is 18.8. The lowest BCUT2D eigenvalue weighted by Crippen LogP contribution is -2.65. The Morgan fingerprint density at radius 2 is 2.06 bits per heavy atom. The van der Waals surface area contributed by atoms with Crippen LogP contribution in [0.3, 0.4) is 0 Å². The van der Waals surface area contributed by atoms with Crippen molar-refractivity contribution in [3.63, 3.8) is 0 Å². The number of rotatable bonds is 2. The van der Waals surface area contributed by atoms with E-state index in [2.05, 4.69) is 4.98 Å². The topological polar surface area (TPSA) is 36.4 Å². The van der Waals surface area contributed by atoms with E-state index in [1.165, 1.54) is 0 Å². The predicted octanol–water partition coefficient (Wildman–Crippen LogP) is 2.60. The quantitative estimate of drug-likeness (QED) is 0.888. The molecule has 1 aromatic heterocycles. The standard InChI is InChI=1S/C11H14Cl2N2O/c1-7(2)11(16)5-15(6-11)10-9(13)3-8(12)4-14-10/h3-4,7,16H,5-6H2,1-2H3. The molecule has 1 aromatic rings. The molecule has 0 aromatic carbocycles. The van der Waals surface area contributed by atoms with Crippen LogP contribution in [0.2, 0.25) is 10.0 Å². The van der Waals surface area contributed by atoms with Gasteiger partial charge in [0.25, 0.3) is 0 Å². The highest BCUT2D eigenvalue weighted by atomic mass is 35.5. The number of hydrogen-bond acceptors (Lipinski definition) is 3. The van der Waals surface area contributed by atoms with Crippen molar-refractivity contribution in [2.24, 2.45) is 5.92 Å². The molecule has 3 nitrogen and oxygen atoms in total. The monoisotopic (exact) mass is 260 g/mol. The van der Waals surface area contributed by atoms with Gasteiger partial charge in [-0.2, -0.15) is 0 Å². The molecule has 0 spiro atoms. The molecule has 2 heterocycles. The number of nitrogens with zero attached hydrogens (tertiary/aromatic N) is 2. The smallest absolute Gasteiger partial charge is 0.147 e. The van der Waals surface area contributed by atoms with E-state index in [1.807, 2.05) is 18.7 Å². The van der Waals surface area contributed by atoms with Crippen molar-refractivity contribution < 1.29 is 5.11 Å². The molecule has 0 atom stereocenters. The molecule has 0 unspecified atom stereocenters. The molecule has 0 radical (unpaired) electrons. The van der Waals surface area contributed by atoms with Crippen LogP contribution < -0.4 is 4.90 Å². The molecule has 2 rings (SSSR count). The third-order valence-electron chi connectivity index (χ3n) is 3.09. The average Bonchev–Trinajstić information content (AvgIpc) is 2.13. The first-order valence-electron chi connectivity index (χ1n) is 5.21. The lowest BCUT2D eigenvalue weighted by molar-refractivity contribution is -0.0304. The van der Waals surface area contributed by atoms with E-state index in [4.69, 9.17) is 23.2 Å². The van der Waals surface area contributed by atoms with Crippen LogP contribution >= 0.6 is 23.2 Å². The summed E-state index contributed by atoms with van der Waals surface area (Å²) in [6.45, 7) is 5.15. The molecule has 0 amide bonds. The molecule has 0 bridgehead atoms. The van der Waals surface area contributed by atoms with E-state index in [9.17, 15) is 5.11 Å². The van der Waals surface area contributed by atoms with E-state index in [1.54, 1.807) is 12.3 Å². The second-order valence-corrected chi connectivity index (χ2v) is 5.42. The summed E-state index contributed by atoms with van der Waals surface area (Å²) in [7, 11) is 0. The second-order valence-electron chi connectivity index (χ2n) is 4.57. The van der Waals surface area contributed by atoms with Gasteiger partial charge in [0, 0.05) is 6.20 Å². The van der Waals surface area contributed by atoms with Crippen molar-refractivity contribution in [3.8, 4) is 0 Å². The summed E-state index contributed by atoms with van der Waals surface area (Å²) < 4.78 is 0. The van der Waals surface area contributed by atoms with Crippen LogP contribution in [0.15, 0.2) is 12.3 Å². The number of aliphatic hydroxyl groups is 1. The minimum atomic E-state index is -0.620. The summed E-state index contributed by atoms with van der Waals surface area (Å²) in [5.74, 6) is 0.922. The Morgan fingerprint density at radius 3 is 2.56 bits per heavy atom. The molecule has 1 aliphatic heterocycles. The number of anilines is 1. The van der Waals surface area contributed by atoms with Gasteiger partial charge < -0.3 is 10.0 Å². The lowest BCUT2D eigenvalue weighted by atomic mass is 9.83. The van der Waals surface area contributed by atoms with Crippen LogP contribution in [0, 0.1) is 5.92 Å². The molecule has 1 N–H and O–H groups in total. The Bertz CT molecular complexity index is 403. The zero-order valence-corrected chi connectivity index (χ0v) is 10.8. The van der Waals surface area contributed by atoms with Crippen molar-refractivity contribution in [2.75, 3.05) is 18.0 Å². The number of aromatic nitrogens is 1. The van der Waals surface area contributed by atoms with Gasteiger partial charge in [-0.3, -0.25) is 0 Å². The molecular formula is C11H14Cl2N2O. The van der Waals surface area contributed by atoms with E-state index < -0.39 is 5.60 Å². The minimum absolute atomic E-state index is 0.231. The molecular weight excluding hydrogens is 247 g/mol. The zero-order valence-electron chi connectivity index (χ0n) is 9.24. The Kier molecular flexibility index (Phi) is 3.03. The number of hydrogen-bond donors (Lipinski definition) is 1. The summed E-state index contributed by atoms with van der Waals surface area (Å²) in [6, 6.07) is 1.66. The summed E-state index contributed by atoms with van der Waals surface area (Å²) >= 11 is 11.8. The number of β-amino-alcohol motifs (C(OH)–C–C–N with tert-alkyl or cyclic N) is 1. The van der Waals surface area contributed by atoms with Crippen LogP contribution in [-0.2, 0) is 0 Å². The van der Waals surface area contributed by atoms with Gasteiger partial charge in [0.05, 0.1) is 23.1 Å². The van der Waals surface area contributed by atoms with E-state index in [0.29, 0.717) is 29.0 Å². The Hall–Kier alpha value is -0.510. The fourth-order valence-electron chi connectivity index (χ4n) is 1.77. The van der Waals surface area contributed by atoms with Crippen LogP contribution in [-0.4, -0.2) is 28.8 Å². The zero-order chi connectivity index (χ0) is 11.9. The molecule has 0 aliphatic carbocycles. The Morgan fingerprint density at radius 1 is 1.44 bits per heavy atom. The molecule has 16 heavy (non-hydrogen) atoms. The van der Waals surface area contributed by atoms with Crippen LogP contribution in [0.25, 0.3) is 0 Å². The van der Waals surface area contributed by atoms with Gasteiger partial charge in [-0.25, -0.2) is 4.98 Å². The largest absolute Gasteiger partial charge is 0.386 e. The maximum atomic E-state index is 10.1. The molecule has 1 aliphatic rings. The highest BCUT2D eigenvalue weighted by molar-refractivity contribution is 6.36. The van der Waals surface area contributed by atoms with E-state index in [0.717, 1.165) is 0 Å². The molecule has 5 heteroatoms. The van der Waals surface area contributed by atoms with Crippen molar-refractivity contribution in [3.05, 3.63) is 22.3 Å². The summed E-state index contributed by atoms with van der Waals surface area (Å²) in [6.07, 6.45) is 1.56. The third kappa shape index (κ3) is 1.99. The van der Waals surface area contributed by atoms with Crippen LogP contribution in [0.1, 0.15) is 13.8 Å². The third-order valence-corrected chi connectivity index (χ3v) is 3.58. The van der Waals surface area contributed by atoms with Gasteiger partial charge in [0.15, 0.2) is 0 Å². The van der Waals surface area contributed by atoms with Crippen LogP contribution in [0.4, 0.5) is 5.82 Å². The van der Waals surface area contributed by atoms with Gasteiger partial charge in [0.1, 0.15) is 11.4 Å². The van der Waals surface area contributed by atoms with Gasteiger partial charge >= 0.3 is 0 Å². The van der Waals surface area contributed by atoms with Gasteiger partial charge in [0.2, 0.25) is 0 Å². The maximum absolute atomic E-state index is 10.1. The molecule has 1 fully saturated rings. The van der Waals surface area contributed by atoms with E-state index in [-0.39, 0.29) is 5.92 Å². The van der Waals surface area contributed by atoms with E-state index >= 15 is 0 Å². The summed E-state index contributed by atoms with van der Waals surface area (Å²) in [5, 5.41) is 11.2. The minimum Gasteiger partial charge on any atom is -0.386 e. The lowest BCUT2D eigenvalue weighted by Gasteiger charge is -2.49. The molecule has 88 valence electrons. The van der Waals surface area contributed by atoms with Crippen molar-refractivity contribution >= 4 is 29.0 Å². The predicted molar refractivity (Wildman–Crippen MR) is 66.3 cm³/mol. The Labute approximate surface area is 105 Å².